The summed E-state index contributed by atoms with van der Waals surface area (Å²) in [6.45, 7) is -0.193. The number of aliphatic carboxylic acids is 1. The van der Waals surface area contributed by atoms with E-state index >= 15 is 0 Å². The van der Waals surface area contributed by atoms with Gasteiger partial charge >= 0.3 is 5.97 Å². The van der Waals surface area contributed by atoms with Crippen molar-refractivity contribution in [2.75, 3.05) is 52.9 Å². The van der Waals surface area contributed by atoms with Crippen molar-refractivity contribution in [3.05, 3.63) is 12.2 Å². The van der Waals surface area contributed by atoms with Gasteiger partial charge in [0, 0.05) is 33.6 Å². The van der Waals surface area contributed by atoms with Crippen molar-refractivity contribution in [1.29, 1.82) is 0 Å². The lowest BCUT2D eigenvalue weighted by Crippen LogP contribution is -2.72. The number of unbranched alkanes of at least 4 members (excludes halogenated alkanes) is 29. The Balaban J connectivity index is 0.953. The number of allylic oxidation sites excluding steroid dienone is 1. The smallest absolute Gasteiger partial charge is 0.364 e. The number of aliphatic hydroxyl groups excluding tert-OH is 23. The molecule has 4 amide bonds. The van der Waals surface area contributed by atoms with Crippen molar-refractivity contribution >= 4 is 29.6 Å². The maximum atomic E-state index is 13.7. The number of hydrogen-bond donors (Lipinski definition) is 28. The lowest BCUT2D eigenvalue weighted by Gasteiger charge is -2.52. The fraction of sp³-hybridized carbons (Fsp3) is 0.928. The predicted octanol–water partition coefficient (Wildman–Crippen LogP) is -4.84. The number of rotatable bonds is 65. The van der Waals surface area contributed by atoms with E-state index in [4.69, 9.17) is 75.8 Å². The molecule has 0 bridgehead atoms. The maximum Gasteiger partial charge on any atom is 0.364 e. The van der Waals surface area contributed by atoms with Gasteiger partial charge in [0.25, 0.3) is 5.79 Å². The van der Waals surface area contributed by atoms with E-state index in [0.29, 0.717) is 12.8 Å². The molecule has 28 N–H and O–H groups in total. The molecule has 0 saturated carbocycles. The highest BCUT2D eigenvalue weighted by Gasteiger charge is 2.64. The maximum absolute atomic E-state index is 13.7. The molecule has 16 unspecified atom stereocenters. The Morgan fingerprint density at radius 1 is 0.370 bits per heavy atom. The highest BCUT2D eigenvalue weighted by atomic mass is 16.8. The van der Waals surface area contributed by atoms with Crippen molar-refractivity contribution in [2.24, 2.45) is 0 Å². The standard InChI is InChI=1S/C97H172N4O45/c1-7-9-11-13-15-17-19-21-22-23-24-25-26-28-30-32-34-36-38-40-64(115)101-54(55(112)39-37-35-33-31-29-27-20-18-16-14-12-10-8-2)49-131-91-77(125)75(123)82(62(47-107)138-91)140-94-78(126)86(70(118)58(43-103)134-94)143-89-66(99-52(5)110)73(121)81(61(46-106)136-89)139-93-79(127)87(71(119)59(44-104)133-93)144-90-67(100-53(6)111)85(142-92-76(124)74(122)68(116)50(3)132-92)83(63(48-108)137-90)141-95-80(128)88(72(120)60(45-105)135-95)146-97(96(129)130)41-56(113)65(98-51(4)109)84(145-97)69(117)57(114)42-102/h37,39,50,54-63,65-95,102-108,112-114,116-128H,7-36,38,40-49H2,1-6H3,(H,98,109)(H,99,110)(H,100,111)(H,101,115)(H,129,130)/b39-37+/t50?,54-,55+,56?,57+,58?,59?,60?,61?,62?,63?,65+,66?,67?,68+,69+,70-,71-,72-,73+,74?,75+,76-,77?,78?,79?,80?,81+,82+,83+,84?,85+,86-,87-,88-,89-,90-,91+,92+,93-,94-,95-,97-/m0/s1. The molecule has 850 valence electrons. The Hall–Kier alpha value is -4.47. The van der Waals surface area contributed by atoms with E-state index in [1.54, 1.807) is 6.08 Å². The van der Waals surface area contributed by atoms with Crippen LogP contribution in [-0.4, -0.2) is 468 Å². The molecule has 8 rings (SSSR count). The van der Waals surface area contributed by atoms with Crippen molar-refractivity contribution < 1.29 is 222 Å². The van der Waals surface area contributed by atoms with Crippen LogP contribution >= 0.6 is 0 Å². The van der Waals surface area contributed by atoms with Gasteiger partial charge in [-0.25, -0.2) is 4.79 Å². The molecule has 0 spiro atoms. The SMILES string of the molecule is CCCCCCCCCCCCC/C=C/[C@@H](O)[C@H](CO[C@@H]1OC(CO)[C@@H](O[C@@H]2OC(CO)[C@H](O)[C@H](O[C@@H]3OC(CO)[C@@H](O[C@@H]4OC(CO)[C@H](O)[C@H](O[C@@H]5OC(CO)[C@@H](O[C@@H]6OC(CO)[C@H](O)[C@H](O[C@]7(C(=O)O)CC(O)[C@@H](NC(C)=O)C([C@H](O)[C@H](O)CO)O7)C6O)[C@H](O[C@H]6OC(C)[C@@H](O)C(O)[C@@H]6O)C5NC(C)=O)C4O)[C@H](O)C3NC(C)=O)C2O)[C@H](O)C1O)NC(=O)CCCCCCCCCCCCCCCCCCCCC. The van der Waals surface area contributed by atoms with Gasteiger partial charge < -0.3 is 220 Å². The predicted molar refractivity (Wildman–Crippen MR) is 505 cm³/mol. The number of carboxylic acid groups (broad SMARTS) is 1. The number of carboxylic acids is 1. The van der Waals surface area contributed by atoms with Crippen LogP contribution in [0.1, 0.15) is 253 Å². The Bertz CT molecular complexity index is 3700. The van der Waals surface area contributed by atoms with Crippen LogP contribution in [0.2, 0.25) is 0 Å². The molecule has 49 nitrogen and oxygen atoms in total. The number of hydrogen-bond acceptors (Lipinski definition) is 44. The summed E-state index contributed by atoms with van der Waals surface area (Å²) >= 11 is 0. The molecule has 43 atom stereocenters. The van der Waals surface area contributed by atoms with Gasteiger partial charge in [-0.3, -0.25) is 19.2 Å². The summed E-state index contributed by atoms with van der Waals surface area (Å²) in [6.07, 6.45) is -41.9. The molecule has 8 heterocycles. The number of amides is 4. The molecule has 8 fully saturated rings. The average molecular weight is 2110 g/mol. The van der Waals surface area contributed by atoms with Crippen LogP contribution in [0.4, 0.5) is 0 Å². The molecule has 0 aromatic carbocycles. The number of carbonyl (C=O) groups excluding carboxylic acids is 4. The van der Waals surface area contributed by atoms with E-state index in [0.717, 1.165) is 78.6 Å². The van der Waals surface area contributed by atoms with E-state index in [-0.39, 0.29) is 12.3 Å². The molecule has 0 aliphatic carbocycles. The van der Waals surface area contributed by atoms with Crippen LogP contribution in [0.3, 0.4) is 0 Å². The second-order valence-corrected chi connectivity index (χ2v) is 39.8. The van der Waals surface area contributed by atoms with Gasteiger partial charge in [-0.05, 0) is 26.2 Å². The first-order valence-electron chi connectivity index (χ1n) is 52.5. The summed E-state index contributed by atoms with van der Waals surface area (Å²) in [4.78, 5) is 66.3. The fourth-order valence-electron chi connectivity index (χ4n) is 19.8. The zero-order valence-corrected chi connectivity index (χ0v) is 84.7. The molecule has 0 aromatic rings. The molecule has 0 aromatic heterocycles. The summed E-state index contributed by atoms with van der Waals surface area (Å²) in [7, 11) is 0. The first kappa shape index (κ1) is 127. The van der Waals surface area contributed by atoms with Crippen LogP contribution in [0.25, 0.3) is 0 Å². The fourth-order valence-corrected chi connectivity index (χ4v) is 19.8. The number of aliphatic hydroxyl groups is 23. The number of carbonyl (C=O) groups is 5. The molecule has 8 aliphatic heterocycles. The monoisotopic (exact) mass is 2110 g/mol. The molecule has 49 heteroatoms. The van der Waals surface area contributed by atoms with Crippen molar-refractivity contribution in [1.82, 2.24) is 21.3 Å². The second-order valence-electron chi connectivity index (χ2n) is 39.8. The van der Waals surface area contributed by atoms with Crippen LogP contribution in [0.5, 0.6) is 0 Å². The van der Waals surface area contributed by atoms with Crippen LogP contribution in [-0.2, 0) is 99.8 Å². The van der Waals surface area contributed by atoms with Crippen molar-refractivity contribution in [3.8, 4) is 0 Å². The minimum absolute atomic E-state index is 0.141. The minimum Gasteiger partial charge on any atom is -0.477 e. The van der Waals surface area contributed by atoms with Crippen LogP contribution in [0, 0.1) is 0 Å². The van der Waals surface area contributed by atoms with E-state index in [1.807, 2.05) is 6.08 Å². The quantitative estimate of drug-likeness (QED) is 0.0201. The van der Waals surface area contributed by atoms with Crippen molar-refractivity contribution in [3.63, 3.8) is 0 Å². The van der Waals surface area contributed by atoms with Gasteiger partial charge in [-0.2, -0.15) is 0 Å². The highest BCUT2D eigenvalue weighted by Crippen LogP contribution is 2.43. The lowest BCUT2D eigenvalue weighted by molar-refractivity contribution is -0.400. The third-order valence-electron chi connectivity index (χ3n) is 28.3. The van der Waals surface area contributed by atoms with E-state index < -0.39 is 346 Å². The zero-order chi connectivity index (χ0) is 107. The normalized spacial score (nSPS) is 38.1. The van der Waals surface area contributed by atoms with E-state index in [2.05, 4.69) is 35.1 Å². The molecule has 0 radical (unpaired) electrons. The summed E-state index contributed by atoms with van der Waals surface area (Å²) in [6, 6.07) is -6.92. The van der Waals surface area contributed by atoms with Gasteiger partial charge in [-0.15, -0.1) is 0 Å². The van der Waals surface area contributed by atoms with Gasteiger partial charge in [-0.1, -0.05) is 206 Å². The Morgan fingerprint density at radius 3 is 1.16 bits per heavy atom. The molecule has 146 heavy (non-hydrogen) atoms. The second kappa shape index (κ2) is 64.8. The molecule has 8 aliphatic rings. The van der Waals surface area contributed by atoms with E-state index in [1.165, 1.54) is 135 Å². The third-order valence-corrected chi connectivity index (χ3v) is 28.3. The first-order valence-corrected chi connectivity index (χ1v) is 52.5. The summed E-state index contributed by atoms with van der Waals surface area (Å²) < 4.78 is 96.5. The Kier molecular flexibility index (Phi) is 56.2. The topological polar surface area (TPSA) is 767 Å². The molecular formula is C97H172N4O45. The molecular weight excluding hydrogens is 1940 g/mol. The van der Waals surface area contributed by atoms with Crippen LogP contribution in [0.15, 0.2) is 12.2 Å². The zero-order valence-electron chi connectivity index (χ0n) is 84.7. The van der Waals surface area contributed by atoms with E-state index in [9.17, 15) is 147 Å². The van der Waals surface area contributed by atoms with Gasteiger partial charge in [0.1, 0.15) is 183 Å². The Labute approximate surface area is 851 Å². The third kappa shape index (κ3) is 36.3. The number of ether oxygens (including phenoxy) is 16. The summed E-state index contributed by atoms with van der Waals surface area (Å²) in [5.74, 6) is -8.71. The van der Waals surface area contributed by atoms with Crippen molar-refractivity contribution in [2.45, 2.75) is 517 Å². The largest absolute Gasteiger partial charge is 0.477 e. The highest BCUT2D eigenvalue weighted by molar-refractivity contribution is 5.77. The van der Waals surface area contributed by atoms with Gasteiger partial charge in [0.05, 0.1) is 83.3 Å². The minimum atomic E-state index is -3.33. The summed E-state index contributed by atoms with van der Waals surface area (Å²) in [5.41, 5.74) is 0. The van der Waals surface area contributed by atoms with Gasteiger partial charge in [0.15, 0.2) is 44.0 Å². The average Bonchev–Trinajstić information content (AvgIpc) is 0.746. The molecule has 8 saturated heterocycles. The Morgan fingerprint density at radius 2 is 0.726 bits per heavy atom. The first-order chi connectivity index (χ1) is 69.8. The summed E-state index contributed by atoms with van der Waals surface area (Å²) in [5, 5.41) is 283. The van der Waals surface area contributed by atoms with Crippen LogP contribution < -0.4 is 21.3 Å². The lowest BCUT2D eigenvalue weighted by atomic mass is 9.88. The van der Waals surface area contributed by atoms with Gasteiger partial charge in [0.2, 0.25) is 23.6 Å². The number of nitrogens with one attached hydrogen (secondary N) is 4.